The zero-order valence-electron chi connectivity index (χ0n) is 9.36. The lowest BCUT2D eigenvalue weighted by molar-refractivity contribution is 0.0693. The van der Waals surface area contributed by atoms with E-state index in [-0.39, 0.29) is 10.5 Å². The maximum Gasteiger partial charge on any atom is 0.336 e. The van der Waals surface area contributed by atoms with Crippen LogP contribution in [0.4, 0.5) is 8.78 Å². The molecule has 0 saturated carbocycles. The van der Waals surface area contributed by atoms with Gasteiger partial charge in [0.15, 0.2) is 0 Å². The van der Waals surface area contributed by atoms with Gasteiger partial charge in [0.1, 0.15) is 11.6 Å². The van der Waals surface area contributed by atoms with Crippen LogP contribution in [0, 0.1) is 11.6 Å². The molecule has 6 heteroatoms. The van der Waals surface area contributed by atoms with Crippen molar-refractivity contribution in [1.29, 1.82) is 0 Å². The fourth-order valence-corrected chi connectivity index (χ4v) is 2.72. The fourth-order valence-electron chi connectivity index (χ4n) is 1.43. The van der Waals surface area contributed by atoms with Crippen LogP contribution in [0.5, 0.6) is 0 Å². The molecule has 2 nitrogen and oxygen atoms in total. The van der Waals surface area contributed by atoms with Gasteiger partial charge in [-0.05, 0) is 30.3 Å². The maximum absolute atomic E-state index is 13.5. The Labute approximate surface area is 120 Å². The normalized spacial score (nSPS) is 10.5. The van der Waals surface area contributed by atoms with E-state index in [1.807, 2.05) is 0 Å². The Morgan fingerprint density at radius 2 is 1.79 bits per heavy atom. The molecule has 0 amide bonds. The van der Waals surface area contributed by atoms with Crippen molar-refractivity contribution in [2.45, 2.75) is 9.79 Å². The SMILES string of the molecule is O=C(O)c1cc(Br)ccc1Sc1ccc(F)cc1F. The predicted octanol–water partition coefficient (Wildman–Crippen LogP) is 4.58. The lowest BCUT2D eigenvalue weighted by Gasteiger charge is -2.07. The average molecular weight is 345 g/mol. The topological polar surface area (TPSA) is 37.3 Å². The molecule has 19 heavy (non-hydrogen) atoms. The summed E-state index contributed by atoms with van der Waals surface area (Å²) in [5, 5.41) is 9.09. The van der Waals surface area contributed by atoms with Gasteiger partial charge in [0, 0.05) is 20.3 Å². The van der Waals surface area contributed by atoms with E-state index in [2.05, 4.69) is 15.9 Å². The first-order valence-electron chi connectivity index (χ1n) is 5.13. The number of carboxylic acid groups (broad SMARTS) is 1. The van der Waals surface area contributed by atoms with Crippen molar-refractivity contribution in [3.8, 4) is 0 Å². The standard InChI is InChI=1S/C13H7BrF2O2S/c14-7-1-3-11(9(5-7)13(17)18)19-12-4-2-8(15)6-10(12)16/h1-6H,(H,17,18). The monoisotopic (exact) mass is 344 g/mol. The van der Waals surface area contributed by atoms with Crippen molar-refractivity contribution in [3.63, 3.8) is 0 Å². The molecule has 0 aliphatic rings. The molecule has 2 aromatic carbocycles. The van der Waals surface area contributed by atoms with E-state index in [1.165, 1.54) is 12.1 Å². The molecule has 0 radical (unpaired) electrons. The van der Waals surface area contributed by atoms with E-state index in [1.54, 1.807) is 12.1 Å². The molecule has 0 unspecified atom stereocenters. The van der Waals surface area contributed by atoms with Gasteiger partial charge in [-0.3, -0.25) is 0 Å². The zero-order valence-corrected chi connectivity index (χ0v) is 11.8. The van der Waals surface area contributed by atoms with Gasteiger partial charge in [-0.15, -0.1) is 0 Å². The number of halogens is 3. The highest BCUT2D eigenvalue weighted by Gasteiger charge is 2.14. The Bertz CT molecular complexity index is 647. The van der Waals surface area contributed by atoms with E-state index in [0.717, 1.165) is 23.9 Å². The fraction of sp³-hybridized carbons (Fsp3) is 0. The first-order valence-corrected chi connectivity index (χ1v) is 6.74. The number of hydrogen-bond donors (Lipinski definition) is 1. The van der Waals surface area contributed by atoms with Gasteiger partial charge < -0.3 is 5.11 Å². The van der Waals surface area contributed by atoms with Crippen LogP contribution in [0.25, 0.3) is 0 Å². The Kier molecular flexibility index (Phi) is 4.21. The van der Waals surface area contributed by atoms with Crippen molar-refractivity contribution >= 4 is 33.7 Å². The van der Waals surface area contributed by atoms with Crippen LogP contribution in [-0.2, 0) is 0 Å². The lowest BCUT2D eigenvalue weighted by atomic mass is 10.2. The molecular formula is C13H7BrF2O2S. The second kappa shape index (κ2) is 5.71. The van der Waals surface area contributed by atoms with E-state index >= 15 is 0 Å². The van der Waals surface area contributed by atoms with Crippen LogP contribution in [0.15, 0.2) is 50.7 Å². The first kappa shape index (κ1) is 14.0. The third-order valence-electron chi connectivity index (χ3n) is 2.29. The molecular weight excluding hydrogens is 338 g/mol. The summed E-state index contributed by atoms with van der Waals surface area (Å²) in [5.41, 5.74) is 0.0584. The Balaban J connectivity index is 2.40. The van der Waals surface area contributed by atoms with Crippen molar-refractivity contribution in [2.75, 3.05) is 0 Å². The quantitative estimate of drug-likeness (QED) is 0.885. The van der Waals surface area contributed by atoms with Crippen molar-refractivity contribution in [2.24, 2.45) is 0 Å². The smallest absolute Gasteiger partial charge is 0.336 e. The molecule has 2 aromatic rings. The largest absolute Gasteiger partial charge is 0.478 e. The maximum atomic E-state index is 13.5. The number of hydrogen-bond acceptors (Lipinski definition) is 2. The molecule has 98 valence electrons. The summed E-state index contributed by atoms with van der Waals surface area (Å²) >= 11 is 4.12. The van der Waals surface area contributed by atoms with Gasteiger partial charge in [-0.25, -0.2) is 13.6 Å². The number of carboxylic acids is 1. The van der Waals surface area contributed by atoms with Crippen molar-refractivity contribution in [3.05, 3.63) is 58.1 Å². The van der Waals surface area contributed by atoms with Gasteiger partial charge in [-0.1, -0.05) is 27.7 Å². The summed E-state index contributed by atoms with van der Waals surface area (Å²) in [5.74, 6) is -2.49. The third kappa shape index (κ3) is 3.33. The molecule has 0 bridgehead atoms. The highest BCUT2D eigenvalue weighted by atomic mass is 79.9. The molecule has 1 N–H and O–H groups in total. The molecule has 0 heterocycles. The second-order valence-corrected chi connectivity index (χ2v) is 5.62. The van der Waals surface area contributed by atoms with Gasteiger partial charge in [0.2, 0.25) is 0 Å². The summed E-state index contributed by atoms with van der Waals surface area (Å²) < 4.78 is 26.9. The average Bonchev–Trinajstić information content (AvgIpc) is 2.34. The van der Waals surface area contributed by atoms with Gasteiger partial charge in [-0.2, -0.15) is 0 Å². The Hall–Kier alpha value is -1.40. The van der Waals surface area contributed by atoms with Crippen LogP contribution in [0.3, 0.4) is 0 Å². The minimum Gasteiger partial charge on any atom is -0.478 e. The summed E-state index contributed by atoms with van der Waals surface area (Å²) in [7, 11) is 0. The van der Waals surface area contributed by atoms with Gasteiger partial charge in [0.05, 0.1) is 5.56 Å². The Morgan fingerprint density at radius 1 is 1.11 bits per heavy atom. The van der Waals surface area contributed by atoms with Crippen LogP contribution < -0.4 is 0 Å². The molecule has 0 saturated heterocycles. The summed E-state index contributed by atoms with van der Waals surface area (Å²) in [6.07, 6.45) is 0. The van der Waals surface area contributed by atoms with Gasteiger partial charge in [0.25, 0.3) is 0 Å². The predicted molar refractivity (Wildman–Crippen MR) is 71.6 cm³/mol. The highest BCUT2D eigenvalue weighted by Crippen LogP contribution is 2.33. The zero-order chi connectivity index (χ0) is 14.0. The third-order valence-corrected chi connectivity index (χ3v) is 3.91. The van der Waals surface area contributed by atoms with Crippen LogP contribution >= 0.6 is 27.7 Å². The number of benzene rings is 2. The van der Waals surface area contributed by atoms with Crippen LogP contribution in [0.2, 0.25) is 0 Å². The number of carbonyl (C=O) groups is 1. The molecule has 0 aliphatic carbocycles. The van der Waals surface area contributed by atoms with Crippen molar-refractivity contribution < 1.29 is 18.7 Å². The molecule has 0 aliphatic heterocycles. The lowest BCUT2D eigenvalue weighted by Crippen LogP contribution is -1.99. The second-order valence-electron chi connectivity index (χ2n) is 3.62. The summed E-state index contributed by atoms with van der Waals surface area (Å²) in [4.78, 5) is 11.7. The van der Waals surface area contributed by atoms with Crippen molar-refractivity contribution in [1.82, 2.24) is 0 Å². The first-order chi connectivity index (χ1) is 8.97. The molecule has 0 fully saturated rings. The van der Waals surface area contributed by atoms with E-state index in [9.17, 15) is 13.6 Å². The van der Waals surface area contributed by atoms with E-state index < -0.39 is 17.6 Å². The van der Waals surface area contributed by atoms with E-state index in [0.29, 0.717) is 9.37 Å². The molecule has 0 spiro atoms. The summed E-state index contributed by atoms with van der Waals surface area (Å²) in [6, 6.07) is 7.85. The summed E-state index contributed by atoms with van der Waals surface area (Å²) in [6.45, 7) is 0. The minimum absolute atomic E-state index is 0.0584. The number of rotatable bonds is 3. The molecule has 0 atom stereocenters. The van der Waals surface area contributed by atoms with Crippen LogP contribution in [-0.4, -0.2) is 11.1 Å². The van der Waals surface area contributed by atoms with Gasteiger partial charge >= 0.3 is 5.97 Å². The highest BCUT2D eigenvalue weighted by molar-refractivity contribution is 9.10. The Morgan fingerprint density at radius 3 is 2.42 bits per heavy atom. The number of aromatic carboxylic acids is 1. The van der Waals surface area contributed by atoms with E-state index in [4.69, 9.17) is 5.11 Å². The molecule has 0 aromatic heterocycles. The minimum atomic E-state index is -1.11. The molecule has 2 rings (SSSR count). The van der Waals surface area contributed by atoms with Crippen LogP contribution in [0.1, 0.15) is 10.4 Å².